The maximum absolute atomic E-state index is 14.1. The molecule has 0 radical (unpaired) electrons. The molecule has 1 fully saturated rings. The zero-order valence-electron chi connectivity index (χ0n) is 16.8. The van der Waals surface area contributed by atoms with Crippen molar-refractivity contribution in [1.82, 2.24) is 15.6 Å². The summed E-state index contributed by atoms with van der Waals surface area (Å²) in [4.78, 5) is 12.3. The number of rotatable bonds is 8. The van der Waals surface area contributed by atoms with Crippen LogP contribution in [0.25, 0.3) is 0 Å². The Kier molecular flexibility index (Phi) is 6.97. The van der Waals surface area contributed by atoms with Gasteiger partial charge in [-0.1, -0.05) is 6.07 Å². The van der Waals surface area contributed by atoms with E-state index in [0.717, 1.165) is 44.1 Å². The van der Waals surface area contributed by atoms with Crippen LogP contribution in [0, 0.1) is 5.82 Å². The lowest BCUT2D eigenvalue weighted by atomic mass is 10.2. The molecule has 1 saturated heterocycles. The Morgan fingerprint density at radius 3 is 3.03 bits per heavy atom. The van der Waals surface area contributed by atoms with E-state index in [1.54, 1.807) is 29.9 Å². The highest BCUT2D eigenvalue weighted by Crippen LogP contribution is 2.20. The first kappa shape index (κ1) is 20.4. The van der Waals surface area contributed by atoms with Gasteiger partial charge in [-0.15, -0.1) is 11.3 Å². The van der Waals surface area contributed by atoms with Gasteiger partial charge in [-0.05, 0) is 42.1 Å². The molecule has 158 valence electrons. The Morgan fingerprint density at radius 1 is 1.27 bits per heavy atom. The topological polar surface area (TPSA) is 65.7 Å². The minimum absolute atomic E-state index is 0.183. The van der Waals surface area contributed by atoms with Crippen LogP contribution in [0.2, 0.25) is 0 Å². The summed E-state index contributed by atoms with van der Waals surface area (Å²) in [5, 5.41) is 9.01. The highest BCUT2D eigenvalue weighted by atomic mass is 32.1. The van der Waals surface area contributed by atoms with E-state index in [4.69, 9.17) is 9.41 Å². The van der Waals surface area contributed by atoms with E-state index in [1.807, 2.05) is 17.0 Å². The highest BCUT2D eigenvalue weighted by molar-refractivity contribution is 7.09. The van der Waals surface area contributed by atoms with Crippen molar-refractivity contribution in [3.63, 3.8) is 0 Å². The quantitative estimate of drug-likeness (QED) is 0.426. The number of furan rings is 1. The van der Waals surface area contributed by atoms with Crippen LogP contribution < -0.4 is 15.5 Å². The maximum Gasteiger partial charge on any atom is 0.191 e. The van der Waals surface area contributed by atoms with Crippen LogP contribution in [-0.2, 0) is 12.8 Å². The van der Waals surface area contributed by atoms with Crippen LogP contribution in [-0.4, -0.2) is 43.2 Å². The molecule has 3 aromatic heterocycles. The molecular weight excluding hydrogens is 401 g/mol. The first-order valence-corrected chi connectivity index (χ1v) is 11.1. The van der Waals surface area contributed by atoms with Gasteiger partial charge in [-0.3, -0.25) is 4.99 Å². The number of nitrogens with one attached hydrogen (secondary N) is 2. The summed E-state index contributed by atoms with van der Waals surface area (Å²) in [7, 11) is 0. The molecule has 8 heteroatoms. The molecule has 1 aliphatic heterocycles. The molecule has 0 aromatic carbocycles. The van der Waals surface area contributed by atoms with Crippen molar-refractivity contribution in [1.29, 1.82) is 0 Å². The fourth-order valence-corrected chi connectivity index (χ4v) is 4.22. The SMILES string of the molecule is Fc1cccnc1N1CCC(NC(=NCCc2cccs2)NCCc2ccco2)C1. The summed E-state index contributed by atoms with van der Waals surface area (Å²) in [6.45, 7) is 2.89. The molecule has 6 nitrogen and oxygen atoms in total. The molecule has 0 aliphatic carbocycles. The second kappa shape index (κ2) is 10.2. The summed E-state index contributed by atoms with van der Waals surface area (Å²) in [6.07, 6.45) is 5.92. The fraction of sp³-hybridized carbons (Fsp3) is 0.364. The predicted molar refractivity (Wildman–Crippen MR) is 119 cm³/mol. The van der Waals surface area contributed by atoms with Crippen molar-refractivity contribution in [3.8, 4) is 0 Å². The van der Waals surface area contributed by atoms with Crippen LogP contribution in [0.1, 0.15) is 17.1 Å². The average molecular weight is 428 g/mol. The minimum atomic E-state index is -0.278. The van der Waals surface area contributed by atoms with Crippen molar-refractivity contribution in [2.45, 2.75) is 25.3 Å². The minimum Gasteiger partial charge on any atom is -0.469 e. The van der Waals surface area contributed by atoms with Gasteiger partial charge in [0.15, 0.2) is 17.6 Å². The van der Waals surface area contributed by atoms with Gasteiger partial charge in [-0.2, -0.15) is 0 Å². The molecule has 0 spiro atoms. The summed E-state index contributed by atoms with van der Waals surface area (Å²) >= 11 is 1.75. The Labute approximate surface area is 179 Å². The lowest BCUT2D eigenvalue weighted by Gasteiger charge is -2.20. The molecule has 4 heterocycles. The number of pyridine rings is 1. The van der Waals surface area contributed by atoms with Crippen molar-refractivity contribution in [3.05, 3.63) is 70.7 Å². The van der Waals surface area contributed by atoms with E-state index in [2.05, 4.69) is 33.1 Å². The lowest BCUT2D eigenvalue weighted by molar-refractivity contribution is 0.506. The second-order valence-corrected chi connectivity index (χ2v) is 8.23. The predicted octanol–water partition coefficient (Wildman–Crippen LogP) is 3.47. The second-order valence-electron chi connectivity index (χ2n) is 7.20. The summed E-state index contributed by atoms with van der Waals surface area (Å²) in [5.41, 5.74) is 0. The zero-order valence-corrected chi connectivity index (χ0v) is 17.6. The van der Waals surface area contributed by atoms with E-state index in [-0.39, 0.29) is 11.9 Å². The van der Waals surface area contributed by atoms with E-state index >= 15 is 0 Å². The van der Waals surface area contributed by atoms with Crippen LogP contribution in [0.5, 0.6) is 0 Å². The molecule has 0 amide bonds. The van der Waals surface area contributed by atoms with E-state index in [1.165, 1.54) is 10.9 Å². The smallest absolute Gasteiger partial charge is 0.191 e. The first-order chi connectivity index (χ1) is 14.8. The molecule has 1 unspecified atom stereocenters. The first-order valence-electron chi connectivity index (χ1n) is 10.2. The van der Waals surface area contributed by atoms with Crippen LogP contribution in [0.4, 0.5) is 10.2 Å². The fourth-order valence-electron chi connectivity index (χ4n) is 3.52. The molecule has 1 aliphatic rings. The average Bonchev–Trinajstić information content (AvgIpc) is 3.52. The van der Waals surface area contributed by atoms with Gasteiger partial charge < -0.3 is 20.0 Å². The third-order valence-electron chi connectivity index (χ3n) is 5.02. The Balaban J connectivity index is 1.34. The zero-order chi connectivity index (χ0) is 20.6. The van der Waals surface area contributed by atoms with Crippen molar-refractivity contribution < 1.29 is 8.81 Å². The van der Waals surface area contributed by atoms with Gasteiger partial charge in [0.25, 0.3) is 0 Å². The van der Waals surface area contributed by atoms with Gasteiger partial charge in [0.05, 0.1) is 6.26 Å². The summed E-state index contributed by atoms with van der Waals surface area (Å²) in [5.74, 6) is 1.87. The number of aromatic nitrogens is 1. The Bertz CT molecular complexity index is 929. The number of anilines is 1. The monoisotopic (exact) mass is 427 g/mol. The molecular formula is C22H26FN5OS. The normalized spacial score (nSPS) is 16.8. The molecule has 2 N–H and O–H groups in total. The number of aliphatic imine (C=N–C) groups is 1. The molecule has 1 atom stereocenters. The molecule has 0 saturated carbocycles. The highest BCUT2D eigenvalue weighted by Gasteiger charge is 2.26. The number of nitrogens with zero attached hydrogens (tertiary/aromatic N) is 3. The lowest BCUT2D eigenvalue weighted by Crippen LogP contribution is -2.45. The third-order valence-corrected chi connectivity index (χ3v) is 5.96. The van der Waals surface area contributed by atoms with Gasteiger partial charge in [0.2, 0.25) is 0 Å². The van der Waals surface area contributed by atoms with Crippen LogP contribution >= 0.6 is 11.3 Å². The third kappa shape index (κ3) is 5.60. The number of thiophene rings is 1. The van der Waals surface area contributed by atoms with Gasteiger partial charge in [0, 0.05) is 56.1 Å². The summed E-state index contributed by atoms with van der Waals surface area (Å²) in [6, 6.07) is 11.3. The van der Waals surface area contributed by atoms with Crippen molar-refractivity contribution in [2.75, 3.05) is 31.1 Å². The van der Waals surface area contributed by atoms with Crippen molar-refractivity contribution in [2.24, 2.45) is 4.99 Å². The number of halogens is 1. The summed E-state index contributed by atoms with van der Waals surface area (Å²) < 4.78 is 19.5. The van der Waals surface area contributed by atoms with Gasteiger partial charge in [-0.25, -0.2) is 9.37 Å². The molecule has 4 rings (SSSR count). The van der Waals surface area contributed by atoms with E-state index in [9.17, 15) is 4.39 Å². The largest absolute Gasteiger partial charge is 0.469 e. The van der Waals surface area contributed by atoms with E-state index < -0.39 is 0 Å². The van der Waals surface area contributed by atoms with Gasteiger partial charge in [0.1, 0.15) is 5.76 Å². The number of guanidine groups is 1. The Morgan fingerprint density at radius 2 is 2.23 bits per heavy atom. The van der Waals surface area contributed by atoms with E-state index in [0.29, 0.717) is 18.9 Å². The molecule has 0 bridgehead atoms. The number of hydrogen-bond acceptors (Lipinski definition) is 5. The molecule has 30 heavy (non-hydrogen) atoms. The standard InChI is InChI=1S/C22H26FN5OS/c23-20-6-1-10-24-21(20)28-13-9-17(16-28)27-22(25-11-7-18-4-2-14-29-18)26-12-8-19-5-3-15-30-19/h1-6,10,14-15,17H,7-9,11-13,16H2,(H2,25,26,27). The van der Waals surface area contributed by atoms with Crippen LogP contribution in [0.15, 0.2) is 63.6 Å². The maximum atomic E-state index is 14.1. The van der Waals surface area contributed by atoms with Crippen molar-refractivity contribution >= 4 is 23.1 Å². The molecule has 3 aromatic rings. The van der Waals surface area contributed by atoms with Gasteiger partial charge >= 0.3 is 0 Å². The van der Waals surface area contributed by atoms with Crippen LogP contribution in [0.3, 0.4) is 0 Å². The number of hydrogen-bond donors (Lipinski definition) is 2. The Hall–Kier alpha value is -2.87.